The average molecular weight is 428 g/mol. The van der Waals surface area contributed by atoms with Crippen molar-refractivity contribution >= 4 is 11.8 Å². The highest BCUT2D eigenvalue weighted by atomic mass is 16.4. The molecule has 3 heterocycles. The van der Waals surface area contributed by atoms with E-state index >= 15 is 0 Å². The Morgan fingerprint density at radius 1 is 1.23 bits per heavy atom. The molecule has 1 saturated heterocycles. The van der Waals surface area contributed by atoms with Crippen molar-refractivity contribution in [1.82, 2.24) is 14.8 Å². The van der Waals surface area contributed by atoms with Gasteiger partial charge in [-0.1, -0.05) is 6.92 Å². The molecule has 0 radical (unpaired) electrons. The molecule has 2 amide bonds. The zero-order valence-electron chi connectivity index (χ0n) is 18.6. The Kier molecular flexibility index (Phi) is 7.12. The van der Waals surface area contributed by atoms with Gasteiger partial charge in [-0.15, -0.1) is 0 Å². The molecule has 31 heavy (non-hydrogen) atoms. The van der Waals surface area contributed by atoms with Crippen LogP contribution in [0.1, 0.15) is 61.0 Å². The first kappa shape index (κ1) is 21.7. The maximum absolute atomic E-state index is 12.6. The third-order valence-corrected chi connectivity index (χ3v) is 6.29. The molecule has 2 aliphatic rings. The zero-order valence-corrected chi connectivity index (χ0v) is 18.6. The van der Waals surface area contributed by atoms with Crippen LogP contribution in [0, 0.1) is 5.92 Å². The van der Waals surface area contributed by atoms with Gasteiger partial charge in [-0.25, -0.2) is 0 Å². The van der Waals surface area contributed by atoms with Crippen molar-refractivity contribution in [3.8, 4) is 0 Å². The van der Waals surface area contributed by atoms with Crippen molar-refractivity contribution in [3.63, 3.8) is 0 Å². The number of aromatic nitrogens is 1. The van der Waals surface area contributed by atoms with Gasteiger partial charge in [0.05, 0.1) is 39.3 Å². The van der Waals surface area contributed by atoms with Crippen LogP contribution in [0.15, 0.2) is 34.9 Å². The van der Waals surface area contributed by atoms with E-state index in [-0.39, 0.29) is 17.7 Å². The second-order valence-corrected chi connectivity index (χ2v) is 8.89. The topological polar surface area (TPSA) is 71.9 Å². The fourth-order valence-corrected chi connectivity index (χ4v) is 4.39. The van der Waals surface area contributed by atoms with E-state index in [1.165, 1.54) is 25.9 Å². The smallest absolute Gasteiger partial charge is 0.287 e. The summed E-state index contributed by atoms with van der Waals surface area (Å²) in [6.45, 7) is 8.12. The summed E-state index contributed by atoms with van der Waals surface area (Å²) in [5, 5.41) is 2.97. The van der Waals surface area contributed by atoms with Crippen molar-refractivity contribution in [2.75, 3.05) is 32.7 Å². The van der Waals surface area contributed by atoms with Crippen LogP contribution in [0.2, 0.25) is 0 Å². The number of carbonyl (C=O) groups excluding carboxylic acids is 2. The lowest BCUT2D eigenvalue weighted by atomic mass is 10.3. The minimum Gasteiger partial charge on any atom is -0.454 e. The van der Waals surface area contributed by atoms with Crippen molar-refractivity contribution in [2.24, 2.45) is 5.92 Å². The van der Waals surface area contributed by atoms with Crippen LogP contribution in [-0.2, 0) is 17.9 Å². The molecule has 0 atom stereocenters. The highest BCUT2D eigenvalue weighted by molar-refractivity contribution is 5.91. The van der Waals surface area contributed by atoms with Gasteiger partial charge < -0.3 is 24.1 Å². The Bertz CT molecular complexity index is 877. The lowest BCUT2D eigenvalue weighted by Gasteiger charge is -2.23. The van der Waals surface area contributed by atoms with Gasteiger partial charge in [0, 0.05) is 37.2 Å². The molecule has 2 N–H and O–H groups in total. The normalized spacial score (nSPS) is 16.5. The highest BCUT2D eigenvalue weighted by Gasteiger charge is 2.33. The van der Waals surface area contributed by atoms with Crippen molar-refractivity contribution in [3.05, 3.63) is 47.7 Å². The van der Waals surface area contributed by atoms with E-state index in [0.717, 1.165) is 43.8 Å². The Morgan fingerprint density at radius 3 is 2.77 bits per heavy atom. The van der Waals surface area contributed by atoms with Crippen LogP contribution in [0.5, 0.6) is 0 Å². The average Bonchev–Trinajstić information content (AvgIpc) is 3.13. The molecule has 2 aromatic heterocycles. The van der Waals surface area contributed by atoms with Gasteiger partial charge in [-0.2, -0.15) is 0 Å². The summed E-state index contributed by atoms with van der Waals surface area (Å²) >= 11 is 0. The second kappa shape index (κ2) is 10.2. The molecule has 4 rings (SSSR count). The summed E-state index contributed by atoms with van der Waals surface area (Å²) in [6.07, 6.45) is 7.58. The second-order valence-electron chi connectivity index (χ2n) is 8.89. The number of nitrogens with zero attached hydrogens (tertiary/aromatic N) is 2. The number of furan rings is 1. The van der Waals surface area contributed by atoms with E-state index in [1.807, 2.05) is 23.2 Å². The number of hydrogen-bond acceptors (Lipinski definition) is 3. The Morgan fingerprint density at radius 2 is 2.03 bits per heavy atom. The van der Waals surface area contributed by atoms with Crippen molar-refractivity contribution in [1.29, 1.82) is 0 Å². The fourth-order valence-electron chi connectivity index (χ4n) is 4.39. The first-order chi connectivity index (χ1) is 15.1. The molecule has 168 valence electrons. The molecule has 2 fully saturated rings. The molecule has 1 saturated carbocycles. The summed E-state index contributed by atoms with van der Waals surface area (Å²) in [4.78, 5) is 28.5. The molecular weight excluding hydrogens is 392 g/mol. The third-order valence-electron chi connectivity index (χ3n) is 6.29. The van der Waals surface area contributed by atoms with Gasteiger partial charge in [0.25, 0.3) is 5.91 Å². The summed E-state index contributed by atoms with van der Waals surface area (Å²) < 4.78 is 7.92. The minimum absolute atomic E-state index is 0.151. The summed E-state index contributed by atoms with van der Waals surface area (Å²) in [7, 11) is 0. The highest BCUT2D eigenvalue weighted by Crippen LogP contribution is 2.31. The van der Waals surface area contributed by atoms with E-state index < -0.39 is 0 Å². The van der Waals surface area contributed by atoms with Gasteiger partial charge in [-0.3, -0.25) is 9.59 Å². The maximum atomic E-state index is 12.6. The van der Waals surface area contributed by atoms with Crippen molar-refractivity contribution < 1.29 is 18.9 Å². The maximum Gasteiger partial charge on any atom is 0.287 e. The molecule has 0 aromatic carbocycles. The molecule has 2 aromatic rings. The van der Waals surface area contributed by atoms with E-state index in [9.17, 15) is 9.59 Å². The number of rotatable bonds is 11. The molecule has 7 nitrogen and oxygen atoms in total. The molecule has 1 aliphatic heterocycles. The van der Waals surface area contributed by atoms with E-state index in [2.05, 4.69) is 22.9 Å². The van der Waals surface area contributed by atoms with Crippen LogP contribution < -0.4 is 10.2 Å². The lowest BCUT2D eigenvalue weighted by molar-refractivity contribution is -0.886. The molecule has 0 spiro atoms. The van der Waals surface area contributed by atoms with Crippen molar-refractivity contribution in [2.45, 2.75) is 52.1 Å². The van der Waals surface area contributed by atoms with E-state index in [1.54, 1.807) is 11.0 Å². The van der Waals surface area contributed by atoms with Crippen LogP contribution in [0.25, 0.3) is 0 Å². The van der Waals surface area contributed by atoms with Gasteiger partial charge in [0.15, 0.2) is 5.76 Å². The van der Waals surface area contributed by atoms with Gasteiger partial charge in [0.2, 0.25) is 5.91 Å². The van der Waals surface area contributed by atoms with E-state index in [4.69, 9.17) is 4.42 Å². The summed E-state index contributed by atoms with van der Waals surface area (Å²) in [5.41, 5.74) is 1.08. The number of likely N-dealkylation sites (tertiary alicyclic amines) is 1. The number of nitrogens with one attached hydrogen (secondary N) is 2. The Hall–Kier alpha value is -2.54. The van der Waals surface area contributed by atoms with Crippen LogP contribution >= 0.6 is 0 Å². The van der Waals surface area contributed by atoms with Gasteiger partial charge >= 0.3 is 0 Å². The number of quaternary nitrogens is 1. The number of amides is 2. The largest absolute Gasteiger partial charge is 0.454 e. The third kappa shape index (κ3) is 5.79. The number of hydrogen-bond donors (Lipinski definition) is 2. The summed E-state index contributed by atoms with van der Waals surface area (Å²) in [5.74, 6) is 1.46. The number of carbonyl (C=O) groups is 2. The molecular formula is C24H35N4O3+. The Labute approximate surface area is 184 Å². The van der Waals surface area contributed by atoms with Gasteiger partial charge in [0.1, 0.15) is 5.76 Å². The lowest BCUT2D eigenvalue weighted by Crippen LogP contribution is -3.10. The quantitative estimate of drug-likeness (QED) is 0.573. The molecule has 0 unspecified atom stereocenters. The SMILES string of the molecule is CCCN(Cc1cccn1Cc1ccc(C(=O)NCC[NH+]2CCCC2)o1)C(=O)C1CC1. The standard InChI is InChI=1S/C24H34N4O3/c1-2-12-28(24(30)19-7-8-19)17-20-6-5-15-27(20)18-21-9-10-22(31-21)23(29)25-11-16-26-13-3-4-14-26/h5-6,9-10,15,19H,2-4,7-8,11-14,16-18H2,1H3,(H,25,29)/p+1. The molecule has 7 heteroatoms. The fraction of sp³-hybridized carbons (Fsp3) is 0.583. The van der Waals surface area contributed by atoms with Crippen LogP contribution in [0.3, 0.4) is 0 Å². The van der Waals surface area contributed by atoms with Crippen LogP contribution in [-0.4, -0.2) is 54.0 Å². The monoisotopic (exact) mass is 427 g/mol. The molecule has 0 bridgehead atoms. The predicted molar refractivity (Wildman–Crippen MR) is 118 cm³/mol. The van der Waals surface area contributed by atoms with Gasteiger partial charge in [-0.05, 0) is 43.5 Å². The van der Waals surface area contributed by atoms with Crippen LogP contribution in [0.4, 0.5) is 0 Å². The minimum atomic E-state index is -0.151. The van der Waals surface area contributed by atoms with E-state index in [0.29, 0.717) is 25.4 Å². The Balaban J connectivity index is 1.31. The summed E-state index contributed by atoms with van der Waals surface area (Å²) in [6, 6.07) is 7.67. The zero-order chi connectivity index (χ0) is 21.6. The predicted octanol–water partition coefficient (Wildman–Crippen LogP) is 1.69. The first-order valence-electron chi connectivity index (χ1n) is 11.8. The first-order valence-corrected chi connectivity index (χ1v) is 11.8. The molecule has 1 aliphatic carbocycles.